The van der Waals surface area contributed by atoms with Crippen LogP contribution in [0.3, 0.4) is 0 Å². The number of rotatable bonds is 17. The summed E-state index contributed by atoms with van der Waals surface area (Å²) in [5.41, 5.74) is 1.44. The zero-order valence-electron chi connectivity index (χ0n) is 17.7. The zero-order valence-corrected chi connectivity index (χ0v) is 17.7. The van der Waals surface area contributed by atoms with E-state index < -0.39 is 6.10 Å². The lowest BCUT2D eigenvalue weighted by molar-refractivity contribution is -0.0201. The highest BCUT2D eigenvalue weighted by Crippen LogP contribution is 2.24. The molecule has 4 atom stereocenters. The summed E-state index contributed by atoms with van der Waals surface area (Å²) < 4.78 is 16.5. The number of aliphatic hydroxyl groups is 2. The minimum Gasteiger partial charge on any atom is -0.391 e. The van der Waals surface area contributed by atoms with Gasteiger partial charge in [0.15, 0.2) is 0 Å². The predicted octanol–water partition coefficient (Wildman–Crippen LogP) is 4.01. The Balaban J connectivity index is 1.86. The average Bonchev–Trinajstić information content (AvgIpc) is 2.96. The standard InChI is InChI=1S/C22H42O5/c1-4-5-11-21(23)16-25-13-14-26-17-22(24)12-9-7-6-8-10-20-15-18(2)27-19(20)3/h15,18-19,21-24H,4-14,16-17H2,1-3H3/t18-,19+,21?,22?/m0/s1. The molecule has 0 saturated carbocycles. The third-order valence-electron chi connectivity index (χ3n) is 5.03. The Morgan fingerprint density at radius 3 is 2.07 bits per heavy atom. The molecule has 0 bridgehead atoms. The van der Waals surface area contributed by atoms with Crippen molar-refractivity contribution in [1.29, 1.82) is 0 Å². The van der Waals surface area contributed by atoms with Crippen LogP contribution in [0.2, 0.25) is 0 Å². The summed E-state index contributed by atoms with van der Waals surface area (Å²) >= 11 is 0. The zero-order chi connectivity index (χ0) is 19.9. The van der Waals surface area contributed by atoms with E-state index in [4.69, 9.17) is 14.2 Å². The lowest BCUT2D eigenvalue weighted by Gasteiger charge is -2.13. The third-order valence-corrected chi connectivity index (χ3v) is 5.03. The lowest BCUT2D eigenvalue weighted by Crippen LogP contribution is -2.20. The smallest absolute Gasteiger partial charge is 0.0773 e. The molecule has 5 heteroatoms. The van der Waals surface area contributed by atoms with E-state index in [0.717, 1.165) is 44.9 Å². The second-order valence-electron chi connectivity index (χ2n) is 7.78. The van der Waals surface area contributed by atoms with Crippen molar-refractivity contribution in [2.45, 2.75) is 103 Å². The van der Waals surface area contributed by atoms with E-state index in [1.807, 2.05) is 0 Å². The van der Waals surface area contributed by atoms with Crippen LogP contribution in [0.4, 0.5) is 0 Å². The normalized spacial score (nSPS) is 22.0. The molecule has 0 aromatic rings. The predicted molar refractivity (Wildman–Crippen MR) is 109 cm³/mol. The van der Waals surface area contributed by atoms with Gasteiger partial charge in [-0.3, -0.25) is 0 Å². The fourth-order valence-electron chi connectivity index (χ4n) is 3.40. The Morgan fingerprint density at radius 2 is 1.52 bits per heavy atom. The highest BCUT2D eigenvalue weighted by Gasteiger charge is 2.19. The molecule has 1 aliphatic rings. The van der Waals surface area contributed by atoms with Crippen molar-refractivity contribution in [3.63, 3.8) is 0 Å². The van der Waals surface area contributed by atoms with Crippen LogP contribution in [0.5, 0.6) is 0 Å². The van der Waals surface area contributed by atoms with Crippen LogP contribution in [0.15, 0.2) is 11.6 Å². The molecule has 0 amide bonds. The lowest BCUT2D eigenvalue weighted by atomic mass is 10.0. The first-order valence-corrected chi connectivity index (χ1v) is 10.9. The minimum absolute atomic E-state index is 0.265. The Kier molecular flexibility index (Phi) is 14.1. The van der Waals surface area contributed by atoms with Gasteiger partial charge in [0.25, 0.3) is 0 Å². The first-order valence-electron chi connectivity index (χ1n) is 10.9. The van der Waals surface area contributed by atoms with E-state index in [-0.39, 0.29) is 18.3 Å². The molecular formula is C22H42O5. The van der Waals surface area contributed by atoms with Crippen molar-refractivity contribution in [2.75, 3.05) is 26.4 Å². The Morgan fingerprint density at radius 1 is 0.926 bits per heavy atom. The molecule has 1 aliphatic heterocycles. The van der Waals surface area contributed by atoms with Crippen LogP contribution in [-0.4, -0.2) is 61.1 Å². The number of aliphatic hydroxyl groups excluding tert-OH is 2. The summed E-state index contributed by atoms with van der Waals surface area (Å²) in [6, 6.07) is 0. The molecular weight excluding hydrogens is 344 g/mol. The summed E-state index contributed by atoms with van der Waals surface area (Å²) in [7, 11) is 0. The quantitative estimate of drug-likeness (QED) is 0.292. The average molecular weight is 387 g/mol. The summed E-state index contributed by atoms with van der Waals surface area (Å²) in [6.45, 7) is 7.99. The van der Waals surface area contributed by atoms with Gasteiger partial charge in [0.2, 0.25) is 0 Å². The first kappa shape index (κ1) is 24.6. The first-order chi connectivity index (χ1) is 13.0. The summed E-state index contributed by atoms with van der Waals surface area (Å²) in [6.07, 6.45) is 11.4. The molecule has 2 N–H and O–H groups in total. The molecule has 0 radical (unpaired) electrons. The third kappa shape index (κ3) is 12.6. The second kappa shape index (κ2) is 15.5. The molecule has 0 aromatic carbocycles. The summed E-state index contributed by atoms with van der Waals surface area (Å²) in [4.78, 5) is 0. The van der Waals surface area contributed by atoms with Gasteiger partial charge in [-0.15, -0.1) is 0 Å². The number of unbranched alkanes of at least 4 members (excludes halogenated alkanes) is 4. The van der Waals surface area contributed by atoms with Gasteiger partial charge in [-0.25, -0.2) is 0 Å². The van der Waals surface area contributed by atoms with Gasteiger partial charge in [-0.1, -0.05) is 45.1 Å². The van der Waals surface area contributed by atoms with E-state index in [0.29, 0.717) is 26.4 Å². The molecule has 5 nitrogen and oxygen atoms in total. The maximum Gasteiger partial charge on any atom is 0.0773 e. The van der Waals surface area contributed by atoms with E-state index >= 15 is 0 Å². The van der Waals surface area contributed by atoms with Crippen molar-refractivity contribution in [2.24, 2.45) is 0 Å². The fourth-order valence-corrected chi connectivity index (χ4v) is 3.40. The Hall–Kier alpha value is -0.460. The molecule has 1 rings (SSSR count). The largest absolute Gasteiger partial charge is 0.391 e. The van der Waals surface area contributed by atoms with Gasteiger partial charge in [-0.2, -0.15) is 0 Å². The summed E-state index contributed by atoms with van der Waals surface area (Å²) in [5.74, 6) is 0. The molecule has 0 fully saturated rings. The molecule has 0 spiro atoms. The second-order valence-corrected chi connectivity index (χ2v) is 7.78. The van der Waals surface area contributed by atoms with E-state index in [1.165, 1.54) is 18.4 Å². The topological polar surface area (TPSA) is 68.2 Å². The van der Waals surface area contributed by atoms with Crippen molar-refractivity contribution in [1.82, 2.24) is 0 Å². The van der Waals surface area contributed by atoms with Gasteiger partial charge in [-0.05, 0) is 45.1 Å². The van der Waals surface area contributed by atoms with Gasteiger partial charge in [0.1, 0.15) is 0 Å². The van der Waals surface area contributed by atoms with Crippen molar-refractivity contribution in [3.8, 4) is 0 Å². The Bertz CT molecular complexity index is 385. The van der Waals surface area contributed by atoms with Crippen LogP contribution in [0.25, 0.3) is 0 Å². The highest BCUT2D eigenvalue weighted by atomic mass is 16.5. The maximum absolute atomic E-state index is 9.95. The highest BCUT2D eigenvalue weighted by molar-refractivity contribution is 5.14. The molecule has 0 aromatic heterocycles. The molecule has 27 heavy (non-hydrogen) atoms. The van der Waals surface area contributed by atoms with Crippen LogP contribution in [0.1, 0.15) is 78.6 Å². The van der Waals surface area contributed by atoms with Gasteiger partial charge in [0.05, 0.1) is 50.8 Å². The number of ether oxygens (including phenoxy) is 3. The van der Waals surface area contributed by atoms with Crippen molar-refractivity contribution in [3.05, 3.63) is 11.6 Å². The molecule has 0 aliphatic carbocycles. The molecule has 2 unspecified atom stereocenters. The van der Waals surface area contributed by atoms with Crippen molar-refractivity contribution < 1.29 is 24.4 Å². The van der Waals surface area contributed by atoms with Crippen molar-refractivity contribution >= 4 is 0 Å². The monoisotopic (exact) mass is 386 g/mol. The van der Waals surface area contributed by atoms with Gasteiger partial charge < -0.3 is 24.4 Å². The fraction of sp³-hybridized carbons (Fsp3) is 0.909. The molecule has 0 saturated heterocycles. The van der Waals surface area contributed by atoms with Gasteiger partial charge >= 0.3 is 0 Å². The van der Waals surface area contributed by atoms with E-state index in [1.54, 1.807) is 0 Å². The van der Waals surface area contributed by atoms with Crippen LogP contribution < -0.4 is 0 Å². The molecule has 160 valence electrons. The Labute approximate surface area is 166 Å². The number of hydrogen-bond donors (Lipinski definition) is 2. The van der Waals surface area contributed by atoms with Gasteiger partial charge in [0, 0.05) is 0 Å². The maximum atomic E-state index is 9.95. The minimum atomic E-state index is -0.396. The number of hydrogen-bond acceptors (Lipinski definition) is 5. The van der Waals surface area contributed by atoms with Crippen LogP contribution in [-0.2, 0) is 14.2 Å². The van der Waals surface area contributed by atoms with Crippen LogP contribution in [0, 0.1) is 0 Å². The SMILES string of the molecule is CCCCC(O)COCCOCC(O)CCCCCCC1=C[C@H](C)O[C@@H]1C. The van der Waals surface area contributed by atoms with Crippen LogP contribution >= 0.6 is 0 Å². The van der Waals surface area contributed by atoms with E-state index in [2.05, 4.69) is 26.8 Å². The summed E-state index contributed by atoms with van der Waals surface area (Å²) in [5, 5.41) is 19.6. The van der Waals surface area contributed by atoms with E-state index in [9.17, 15) is 10.2 Å². The molecule has 1 heterocycles.